The standard InChI is InChI=1S/C52H33NS/c1-4-13-43-35(9-1)12-7-16-45(43)38-23-29-42(30-24-38)53(50-18-8-17-48-49-32-25-37-11-3-6-15-47(37)51(49)54-52(48)50)41-27-21-34(22-28-41)39-26-31-46-40(33-39)20-19-36-10-2-5-14-44(36)46/h1-33H. The van der Waals surface area contributed by atoms with Crippen LogP contribution in [0.2, 0.25) is 0 Å². The molecule has 0 aliphatic heterocycles. The zero-order valence-corrected chi connectivity index (χ0v) is 30.2. The monoisotopic (exact) mass is 703 g/mol. The quantitative estimate of drug-likeness (QED) is 0.161. The third-order valence-corrected chi connectivity index (χ3v) is 12.3. The van der Waals surface area contributed by atoms with Gasteiger partial charge in [0.1, 0.15) is 0 Å². The Morgan fingerprint density at radius 3 is 1.57 bits per heavy atom. The molecule has 0 unspecified atom stereocenters. The molecule has 0 bridgehead atoms. The Labute approximate surface area is 317 Å². The second kappa shape index (κ2) is 12.4. The van der Waals surface area contributed by atoms with Crippen LogP contribution in [-0.4, -0.2) is 0 Å². The summed E-state index contributed by atoms with van der Waals surface area (Å²) in [5.41, 5.74) is 8.30. The molecule has 10 aromatic carbocycles. The lowest BCUT2D eigenvalue weighted by Gasteiger charge is -2.26. The molecule has 0 radical (unpaired) electrons. The molecule has 0 saturated carbocycles. The van der Waals surface area contributed by atoms with E-state index in [-0.39, 0.29) is 0 Å². The van der Waals surface area contributed by atoms with Gasteiger partial charge in [-0.15, -0.1) is 11.3 Å². The minimum absolute atomic E-state index is 1.12. The molecule has 1 aromatic heterocycles. The SMILES string of the molecule is c1ccc2c(-c3ccc(N(c4ccc(-c5ccc6c(ccc7ccccc76)c5)cc4)c4cccc5c4sc4c6ccccc6ccc54)cc3)cccc2c1. The van der Waals surface area contributed by atoms with E-state index in [1.165, 1.54) is 91.2 Å². The third kappa shape index (κ3) is 4.99. The van der Waals surface area contributed by atoms with Gasteiger partial charge >= 0.3 is 0 Å². The van der Waals surface area contributed by atoms with Crippen molar-refractivity contribution in [3.05, 3.63) is 200 Å². The molecule has 2 heteroatoms. The number of fused-ring (bicyclic) bond motifs is 9. The maximum atomic E-state index is 2.43. The summed E-state index contributed by atoms with van der Waals surface area (Å²) in [6.45, 7) is 0. The second-order valence-corrected chi connectivity index (χ2v) is 15.1. The first-order chi connectivity index (χ1) is 26.8. The number of hydrogen-bond acceptors (Lipinski definition) is 2. The fourth-order valence-electron chi connectivity index (χ4n) is 8.38. The molecule has 0 fully saturated rings. The summed E-state index contributed by atoms with van der Waals surface area (Å²) in [4.78, 5) is 2.43. The van der Waals surface area contributed by atoms with Gasteiger partial charge in [0.05, 0.1) is 10.4 Å². The summed E-state index contributed by atoms with van der Waals surface area (Å²) in [6.07, 6.45) is 0. The molecule has 0 amide bonds. The van der Waals surface area contributed by atoms with Crippen molar-refractivity contribution in [2.45, 2.75) is 0 Å². The Kier molecular flexibility index (Phi) is 7.11. The lowest BCUT2D eigenvalue weighted by Crippen LogP contribution is -2.10. The minimum Gasteiger partial charge on any atom is -0.309 e. The van der Waals surface area contributed by atoms with Crippen molar-refractivity contribution >= 4 is 91.7 Å². The number of anilines is 3. The highest BCUT2D eigenvalue weighted by Gasteiger charge is 2.19. The first-order valence-corrected chi connectivity index (χ1v) is 19.3. The number of hydrogen-bond donors (Lipinski definition) is 0. The third-order valence-electron chi connectivity index (χ3n) is 11.0. The molecule has 54 heavy (non-hydrogen) atoms. The van der Waals surface area contributed by atoms with Gasteiger partial charge in [-0.2, -0.15) is 0 Å². The van der Waals surface area contributed by atoms with Crippen LogP contribution < -0.4 is 4.90 Å². The zero-order chi connectivity index (χ0) is 35.6. The molecule has 0 saturated heterocycles. The molecule has 0 aliphatic carbocycles. The van der Waals surface area contributed by atoms with Crippen molar-refractivity contribution in [3.8, 4) is 22.3 Å². The summed E-state index contributed by atoms with van der Waals surface area (Å²) in [5.74, 6) is 0. The van der Waals surface area contributed by atoms with E-state index < -0.39 is 0 Å². The number of rotatable bonds is 5. The summed E-state index contributed by atoms with van der Waals surface area (Å²) in [7, 11) is 0. The molecule has 1 nitrogen and oxygen atoms in total. The molecule has 1 heterocycles. The molecular weight excluding hydrogens is 671 g/mol. The molecule has 0 spiro atoms. The zero-order valence-electron chi connectivity index (χ0n) is 29.4. The van der Waals surface area contributed by atoms with Crippen molar-refractivity contribution < 1.29 is 0 Å². The van der Waals surface area contributed by atoms with Crippen LogP contribution in [0.4, 0.5) is 17.1 Å². The van der Waals surface area contributed by atoms with Crippen LogP contribution in [0.25, 0.3) is 85.5 Å². The largest absolute Gasteiger partial charge is 0.309 e. The van der Waals surface area contributed by atoms with Gasteiger partial charge in [-0.25, -0.2) is 0 Å². The predicted molar refractivity (Wildman–Crippen MR) is 235 cm³/mol. The normalized spacial score (nSPS) is 11.7. The Morgan fingerprint density at radius 1 is 0.296 bits per heavy atom. The Bertz CT molecular complexity index is 3200. The van der Waals surface area contributed by atoms with E-state index >= 15 is 0 Å². The van der Waals surface area contributed by atoms with Crippen molar-refractivity contribution in [1.29, 1.82) is 0 Å². The van der Waals surface area contributed by atoms with Crippen LogP contribution in [0.1, 0.15) is 0 Å². The summed E-state index contributed by atoms with van der Waals surface area (Å²) in [6, 6.07) is 73.4. The summed E-state index contributed by atoms with van der Waals surface area (Å²) >= 11 is 1.90. The van der Waals surface area contributed by atoms with Crippen molar-refractivity contribution in [2.24, 2.45) is 0 Å². The highest BCUT2D eigenvalue weighted by atomic mass is 32.1. The number of thiophene rings is 1. The topological polar surface area (TPSA) is 3.24 Å². The van der Waals surface area contributed by atoms with E-state index in [0.717, 1.165) is 11.4 Å². The maximum Gasteiger partial charge on any atom is 0.0640 e. The molecule has 0 atom stereocenters. The lowest BCUT2D eigenvalue weighted by atomic mass is 9.97. The molecule has 11 aromatic rings. The van der Waals surface area contributed by atoms with Gasteiger partial charge in [0.2, 0.25) is 0 Å². The minimum atomic E-state index is 1.12. The average molecular weight is 704 g/mol. The van der Waals surface area contributed by atoms with Gasteiger partial charge in [-0.1, -0.05) is 164 Å². The van der Waals surface area contributed by atoms with Crippen LogP contribution in [0.3, 0.4) is 0 Å². The van der Waals surface area contributed by atoms with Gasteiger partial charge in [-0.05, 0) is 102 Å². The fourth-order valence-corrected chi connectivity index (χ4v) is 9.72. The average Bonchev–Trinajstić information content (AvgIpc) is 3.64. The summed E-state index contributed by atoms with van der Waals surface area (Å²) < 4.78 is 2.62. The number of nitrogens with zero attached hydrogens (tertiary/aromatic N) is 1. The van der Waals surface area contributed by atoms with E-state index in [2.05, 4.69) is 205 Å². The fraction of sp³-hybridized carbons (Fsp3) is 0. The van der Waals surface area contributed by atoms with Crippen LogP contribution in [-0.2, 0) is 0 Å². The number of benzene rings is 10. The van der Waals surface area contributed by atoms with Crippen LogP contribution >= 0.6 is 11.3 Å². The molecule has 11 rings (SSSR count). The van der Waals surface area contributed by atoms with E-state index in [0.29, 0.717) is 0 Å². The lowest BCUT2D eigenvalue weighted by molar-refractivity contribution is 1.30. The van der Waals surface area contributed by atoms with Crippen LogP contribution in [0.15, 0.2) is 200 Å². The molecule has 252 valence electrons. The second-order valence-electron chi connectivity index (χ2n) is 14.1. The first-order valence-electron chi connectivity index (χ1n) is 18.5. The Hall–Kier alpha value is -6.74. The predicted octanol–water partition coefficient (Wildman–Crippen LogP) is 15.5. The molecule has 0 aliphatic rings. The highest BCUT2D eigenvalue weighted by Crippen LogP contribution is 2.47. The van der Waals surface area contributed by atoms with Gasteiger partial charge in [0.15, 0.2) is 0 Å². The first kappa shape index (κ1) is 30.8. The van der Waals surface area contributed by atoms with Gasteiger partial charge in [-0.3, -0.25) is 0 Å². The van der Waals surface area contributed by atoms with Gasteiger partial charge in [0, 0.05) is 26.8 Å². The van der Waals surface area contributed by atoms with E-state index in [4.69, 9.17) is 0 Å². The van der Waals surface area contributed by atoms with Crippen molar-refractivity contribution in [2.75, 3.05) is 4.90 Å². The van der Waals surface area contributed by atoms with Crippen molar-refractivity contribution in [1.82, 2.24) is 0 Å². The van der Waals surface area contributed by atoms with E-state index in [9.17, 15) is 0 Å². The maximum absolute atomic E-state index is 2.43. The van der Waals surface area contributed by atoms with E-state index in [1.54, 1.807) is 0 Å². The van der Waals surface area contributed by atoms with Gasteiger partial charge < -0.3 is 4.90 Å². The Morgan fingerprint density at radius 2 is 0.796 bits per heavy atom. The smallest absolute Gasteiger partial charge is 0.0640 e. The van der Waals surface area contributed by atoms with Crippen LogP contribution in [0, 0.1) is 0 Å². The Balaban J connectivity index is 1.06. The summed E-state index contributed by atoms with van der Waals surface area (Å²) in [5, 5.41) is 12.8. The van der Waals surface area contributed by atoms with E-state index in [1.807, 2.05) is 11.3 Å². The van der Waals surface area contributed by atoms with Crippen molar-refractivity contribution in [3.63, 3.8) is 0 Å². The van der Waals surface area contributed by atoms with Crippen LogP contribution in [0.5, 0.6) is 0 Å². The molecule has 0 N–H and O–H groups in total. The highest BCUT2D eigenvalue weighted by molar-refractivity contribution is 7.27. The van der Waals surface area contributed by atoms with Gasteiger partial charge in [0.25, 0.3) is 0 Å². The molecular formula is C52H33NS.